The molecule has 11 heteroatoms. The van der Waals surface area contributed by atoms with Crippen molar-refractivity contribution in [3.8, 4) is 11.1 Å². The van der Waals surface area contributed by atoms with Crippen LogP contribution in [0.25, 0.3) is 11.1 Å². The van der Waals surface area contributed by atoms with Gasteiger partial charge in [-0.2, -0.15) is 0 Å². The van der Waals surface area contributed by atoms with Crippen LogP contribution in [0.4, 0.5) is 4.79 Å². The number of Topliss-reactive ketones (excluding diaryl/α,β-unsaturated/α-hetero) is 2. The lowest BCUT2D eigenvalue weighted by molar-refractivity contribution is -0.150. The van der Waals surface area contributed by atoms with Crippen molar-refractivity contribution in [2.45, 2.75) is 84.3 Å². The summed E-state index contributed by atoms with van der Waals surface area (Å²) in [4.78, 5) is 65.3. The van der Waals surface area contributed by atoms with E-state index in [1.165, 1.54) is 4.90 Å². The maximum Gasteiger partial charge on any atom is 0.411 e. The second kappa shape index (κ2) is 14.1. The molecule has 11 nitrogen and oxygen atoms in total. The first-order valence-electron chi connectivity index (χ1n) is 15.9. The SMILES string of the molecule is CCCNCC(=O)OCC(=O)c1ccc2c(c1)COCc1cc(C(=O)COC(=O)[C@@H]3[C@H]4CC[C@H](C4)N3C(=O)OC(C)(C)C)ccc1-2. The highest BCUT2D eigenvalue weighted by Gasteiger charge is 2.53. The van der Waals surface area contributed by atoms with Crippen LogP contribution < -0.4 is 5.32 Å². The van der Waals surface area contributed by atoms with Gasteiger partial charge < -0.3 is 24.3 Å². The largest absolute Gasteiger partial charge is 0.456 e. The third-order valence-electron chi connectivity index (χ3n) is 8.50. The number of carbonyl (C=O) groups is 5. The first-order valence-corrected chi connectivity index (χ1v) is 15.9. The Morgan fingerprint density at radius 3 is 2.09 bits per heavy atom. The van der Waals surface area contributed by atoms with E-state index in [1.807, 2.05) is 19.1 Å². The number of amides is 1. The van der Waals surface area contributed by atoms with Crippen molar-refractivity contribution in [2.75, 3.05) is 26.3 Å². The quantitative estimate of drug-likeness (QED) is 0.161. The van der Waals surface area contributed by atoms with Crippen molar-refractivity contribution in [2.24, 2.45) is 5.92 Å². The average Bonchev–Trinajstić information content (AvgIpc) is 3.59. The van der Waals surface area contributed by atoms with Crippen LogP contribution in [-0.4, -0.2) is 78.5 Å². The third-order valence-corrected chi connectivity index (χ3v) is 8.50. The van der Waals surface area contributed by atoms with Crippen molar-refractivity contribution < 1.29 is 42.9 Å². The van der Waals surface area contributed by atoms with Crippen LogP contribution in [0.15, 0.2) is 36.4 Å². The molecule has 0 spiro atoms. The highest BCUT2D eigenvalue weighted by molar-refractivity contribution is 6.00. The van der Waals surface area contributed by atoms with Crippen molar-refractivity contribution in [1.29, 1.82) is 0 Å². The summed E-state index contributed by atoms with van der Waals surface area (Å²) >= 11 is 0. The molecule has 5 rings (SSSR count). The lowest BCUT2D eigenvalue weighted by Crippen LogP contribution is -2.51. The molecule has 0 radical (unpaired) electrons. The summed E-state index contributed by atoms with van der Waals surface area (Å²) < 4.78 is 22.0. The van der Waals surface area contributed by atoms with Gasteiger partial charge in [-0.3, -0.25) is 19.3 Å². The molecule has 2 bridgehead atoms. The highest BCUT2D eigenvalue weighted by Crippen LogP contribution is 2.43. The van der Waals surface area contributed by atoms with Gasteiger partial charge in [0.15, 0.2) is 24.8 Å². The molecule has 1 saturated carbocycles. The Kier molecular flexibility index (Phi) is 10.2. The number of hydrogen-bond acceptors (Lipinski definition) is 10. The minimum atomic E-state index is -0.759. The number of likely N-dealkylation sites (tertiary alicyclic amines) is 1. The van der Waals surface area contributed by atoms with Crippen molar-refractivity contribution in [3.05, 3.63) is 58.7 Å². The summed E-state index contributed by atoms with van der Waals surface area (Å²) in [5, 5.41) is 2.94. The number of ketones is 2. The van der Waals surface area contributed by atoms with Gasteiger partial charge in [0.25, 0.3) is 0 Å². The van der Waals surface area contributed by atoms with Crippen LogP contribution in [-0.2, 0) is 41.8 Å². The fourth-order valence-corrected chi connectivity index (χ4v) is 6.39. The summed E-state index contributed by atoms with van der Waals surface area (Å²) in [7, 11) is 0. The zero-order valence-electron chi connectivity index (χ0n) is 26.9. The summed E-state index contributed by atoms with van der Waals surface area (Å²) in [5.74, 6) is -1.77. The number of rotatable bonds is 11. The van der Waals surface area contributed by atoms with Gasteiger partial charge in [-0.25, -0.2) is 9.59 Å². The smallest absolute Gasteiger partial charge is 0.411 e. The number of ether oxygens (including phenoxy) is 4. The number of fused-ring (bicyclic) bond motifs is 5. The van der Waals surface area contributed by atoms with E-state index >= 15 is 0 Å². The molecule has 2 heterocycles. The molecule has 246 valence electrons. The van der Waals surface area contributed by atoms with Gasteiger partial charge in [0.05, 0.1) is 19.8 Å². The van der Waals surface area contributed by atoms with Crippen molar-refractivity contribution in [1.82, 2.24) is 10.2 Å². The van der Waals surface area contributed by atoms with E-state index in [0.717, 1.165) is 47.9 Å². The van der Waals surface area contributed by atoms with Gasteiger partial charge in [-0.15, -0.1) is 0 Å². The van der Waals surface area contributed by atoms with Gasteiger partial charge >= 0.3 is 18.0 Å². The second-order valence-electron chi connectivity index (χ2n) is 13.1. The molecule has 0 aromatic heterocycles. The summed E-state index contributed by atoms with van der Waals surface area (Å²) in [6.45, 7) is 7.78. The van der Waals surface area contributed by atoms with E-state index in [9.17, 15) is 24.0 Å². The van der Waals surface area contributed by atoms with E-state index in [1.54, 1.807) is 45.0 Å². The number of carbonyl (C=O) groups excluding carboxylic acids is 5. The molecule has 46 heavy (non-hydrogen) atoms. The molecule has 3 aliphatic rings. The van der Waals surface area contributed by atoms with Crippen molar-refractivity contribution >= 4 is 29.6 Å². The molecule has 3 atom stereocenters. The molecule has 2 aromatic carbocycles. The van der Waals surface area contributed by atoms with Gasteiger partial charge in [-0.1, -0.05) is 31.2 Å². The van der Waals surface area contributed by atoms with Crippen molar-refractivity contribution in [3.63, 3.8) is 0 Å². The molecular weight excluding hydrogens is 592 g/mol. The van der Waals surface area contributed by atoms with Gasteiger partial charge in [-0.05, 0) is 93.3 Å². The van der Waals surface area contributed by atoms with E-state index < -0.39 is 36.3 Å². The Morgan fingerprint density at radius 1 is 0.891 bits per heavy atom. The monoisotopic (exact) mass is 634 g/mol. The predicted molar refractivity (Wildman–Crippen MR) is 167 cm³/mol. The van der Waals surface area contributed by atoms with Gasteiger partial charge in [0, 0.05) is 17.2 Å². The third kappa shape index (κ3) is 7.64. The molecule has 1 aliphatic carbocycles. The van der Waals surface area contributed by atoms with E-state index in [4.69, 9.17) is 18.9 Å². The minimum Gasteiger partial charge on any atom is -0.456 e. The molecular formula is C35H42N2O9. The molecule has 1 amide bonds. The average molecular weight is 635 g/mol. The number of piperidine rings is 1. The topological polar surface area (TPSA) is 138 Å². The second-order valence-corrected chi connectivity index (χ2v) is 13.1. The van der Waals surface area contributed by atoms with Gasteiger partial charge in [0.1, 0.15) is 11.6 Å². The first-order chi connectivity index (χ1) is 21.9. The van der Waals surface area contributed by atoms with Crippen LogP contribution in [0.1, 0.15) is 85.2 Å². The Bertz CT molecular complexity index is 1510. The van der Waals surface area contributed by atoms with Crippen LogP contribution in [0.5, 0.6) is 0 Å². The normalized spacial score (nSPS) is 19.9. The van der Waals surface area contributed by atoms with Gasteiger partial charge in [0.2, 0.25) is 0 Å². The lowest BCUT2D eigenvalue weighted by Gasteiger charge is -2.35. The van der Waals surface area contributed by atoms with Crippen LogP contribution in [0.2, 0.25) is 0 Å². The number of esters is 2. The maximum absolute atomic E-state index is 13.2. The zero-order chi connectivity index (χ0) is 33.0. The molecule has 0 unspecified atom stereocenters. The molecule has 1 saturated heterocycles. The molecule has 2 aromatic rings. The van der Waals surface area contributed by atoms with Crippen LogP contribution >= 0.6 is 0 Å². The van der Waals surface area contributed by atoms with E-state index in [0.29, 0.717) is 17.7 Å². The minimum absolute atomic E-state index is 0.0106. The maximum atomic E-state index is 13.2. The highest BCUT2D eigenvalue weighted by atomic mass is 16.6. The molecule has 2 fully saturated rings. The fourth-order valence-electron chi connectivity index (χ4n) is 6.39. The Labute approximate surface area is 268 Å². The molecule has 2 aliphatic heterocycles. The lowest BCUT2D eigenvalue weighted by atomic mass is 9.93. The summed E-state index contributed by atoms with van der Waals surface area (Å²) in [6, 6.07) is 9.67. The van der Waals surface area contributed by atoms with Crippen LogP contribution in [0, 0.1) is 5.92 Å². The number of nitrogens with one attached hydrogen (secondary N) is 1. The number of nitrogens with zero attached hydrogens (tertiary/aromatic N) is 1. The zero-order valence-corrected chi connectivity index (χ0v) is 26.9. The number of hydrogen-bond donors (Lipinski definition) is 1. The van der Waals surface area contributed by atoms with E-state index in [-0.39, 0.29) is 49.9 Å². The molecule has 1 N–H and O–H groups in total. The Balaban J connectivity index is 1.21. The summed E-state index contributed by atoms with van der Waals surface area (Å²) in [5.41, 5.74) is 3.41. The van der Waals surface area contributed by atoms with E-state index in [2.05, 4.69) is 5.32 Å². The predicted octanol–water partition coefficient (Wildman–Crippen LogP) is 4.62. The number of benzene rings is 2. The summed E-state index contributed by atoms with van der Waals surface area (Å²) in [6.07, 6.45) is 2.72. The van der Waals surface area contributed by atoms with Crippen LogP contribution in [0.3, 0.4) is 0 Å². The Hall–Kier alpha value is -4.09. The Morgan fingerprint density at radius 2 is 1.50 bits per heavy atom. The fraction of sp³-hybridized carbons (Fsp3) is 0.514. The standard InChI is InChI=1S/C35H42N2O9/c1-5-12-36-16-31(40)44-19-29(38)21-7-10-27-24(13-21)17-43-18-25-14-22(8-11-28(25)27)30(39)20-45-33(41)32-23-6-9-26(15-23)37(32)34(42)46-35(2,3)4/h7-8,10-11,13-14,23,26,32,36H,5-6,9,12,15-20H2,1-4H3/t23-,26+,32-/m0/s1. The first kappa shape index (κ1) is 33.3.